The van der Waals surface area contributed by atoms with Gasteiger partial charge in [0.15, 0.2) is 0 Å². The first-order valence-corrected chi connectivity index (χ1v) is 6.83. The third kappa shape index (κ3) is 6.58. The Balaban J connectivity index is 2.31. The van der Waals surface area contributed by atoms with Crippen molar-refractivity contribution in [3.8, 4) is 0 Å². The summed E-state index contributed by atoms with van der Waals surface area (Å²) in [6, 6.07) is 6.63. The van der Waals surface area contributed by atoms with Gasteiger partial charge in [-0.15, -0.1) is 11.8 Å². The van der Waals surface area contributed by atoms with E-state index in [4.69, 9.17) is 14.6 Å². The molecule has 1 rings (SSSR count). The van der Waals surface area contributed by atoms with Crippen LogP contribution in [0.5, 0.6) is 0 Å². The molecule has 0 radical (unpaired) electrons. The van der Waals surface area contributed by atoms with E-state index in [9.17, 15) is 9.90 Å². The average Bonchev–Trinajstić information content (AvgIpc) is 2.41. The Kier molecular flexibility index (Phi) is 7.50. The van der Waals surface area contributed by atoms with Crippen LogP contribution >= 0.6 is 11.8 Å². The van der Waals surface area contributed by atoms with Crippen molar-refractivity contribution in [3.63, 3.8) is 0 Å². The molecule has 1 unspecified atom stereocenters. The Hall–Kier alpha value is -1.08. The molecule has 5 nitrogen and oxygen atoms in total. The second kappa shape index (κ2) is 8.92. The van der Waals surface area contributed by atoms with Gasteiger partial charge in [0.2, 0.25) is 0 Å². The fourth-order valence-corrected chi connectivity index (χ4v) is 2.19. The molecule has 0 amide bonds. The van der Waals surface area contributed by atoms with Crippen LogP contribution < -0.4 is 0 Å². The number of hydrogen-bond acceptors (Lipinski definition) is 5. The summed E-state index contributed by atoms with van der Waals surface area (Å²) in [6.45, 7) is 1.20. The Morgan fingerprint density at radius 1 is 1.42 bits per heavy atom. The van der Waals surface area contributed by atoms with E-state index >= 15 is 0 Å². The molecule has 0 saturated carbocycles. The van der Waals surface area contributed by atoms with Gasteiger partial charge in [0.25, 0.3) is 0 Å². The molecule has 0 bridgehead atoms. The van der Waals surface area contributed by atoms with Crippen LogP contribution in [0.4, 0.5) is 0 Å². The van der Waals surface area contributed by atoms with Gasteiger partial charge in [-0.3, -0.25) is 0 Å². The first-order valence-electron chi connectivity index (χ1n) is 5.84. The number of carboxylic acid groups (broad SMARTS) is 1. The highest BCUT2D eigenvalue weighted by molar-refractivity contribution is 7.99. The van der Waals surface area contributed by atoms with Crippen molar-refractivity contribution < 1.29 is 24.5 Å². The summed E-state index contributed by atoms with van der Waals surface area (Å²) in [5.74, 6) is -0.498. The molecule has 1 atom stereocenters. The van der Waals surface area contributed by atoms with Gasteiger partial charge in [0, 0.05) is 17.8 Å². The third-order valence-corrected chi connectivity index (χ3v) is 3.40. The predicted octanol–water partition coefficient (Wildman–Crippen LogP) is 1.50. The Labute approximate surface area is 116 Å². The molecule has 6 heteroatoms. The van der Waals surface area contributed by atoms with Crippen LogP contribution in [0.15, 0.2) is 29.2 Å². The van der Waals surface area contributed by atoms with Crippen molar-refractivity contribution in [1.29, 1.82) is 0 Å². The molecule has 0 heterocycles. The highest BCUT2D eigenvalue weighted by Gasteiger charge is 2.07. The lowest BCUT2D eigenvalue weighted by Crippen LogP contribution is -2.19. The maximum atomic E-state index is 10.8. The van der Waals surface area contributed by atoms with Gasteiger partial charge in [-0.1, -0.05) is 6.07 Å². The molecule has 0 spiro atoms. The minimum absolute atomic E-state index is 0.245. The minimum Gasteiger partial charge on any atom is -0.478 e. The Bertz CT molecular complexity index is 396. The van der Waals surface area contributed by atoms with Gasteiger partial charge in [0.05, 0.1) is 31.5 Å². The number of hydrogen-bond donors (Lipinski definition) is 2. The topological polar surface area (TPSA) is 76.0 Å². The number of aliphatic hydroxyl groups excluding tert-OH is 1. The molecule has 0 aliphatic carbocycles. The number of ether oxygens (including phenoxy) is 2. The highest BCUT2D eigenvalue weighted by Crippen LogP contribution is 2.20. The number of carboxylic acids is 1. The van der Waals surface area contributed by atoms with Gasteiger partial charge >= 0.3 is 5.97 Å². The lowest BCUT2D eigenvalue weighted by atomic mass is 10.2. The summed E-state index contributed by atoms with van der Waals surface area (Å²) in [5, 5.41) is 18.5. The molecular weight excluding hydrogens is 268 g/mol. The molecule has 106 valence electrons. The molecular formula is C13H18O5S. The van der Waals surface area contributed by atoms with E-state index in [1.165, 1.54) is 17.8 Å². The summed E-state index contributed by atoms with van der Waals surface area (Å²) in [6.07, 6.45) is -0.588. The maximum Gasteiger partial charge on any atom is 0.335 e. The third-order valence-electron chi connectivity index (χ3n) is 2.27. The second-order valence-electron chi connectivity index (χ2n) is 3.87. The summed E-state index contributed by atoms with van der Waals surface area (Å²) in [5.41, 5.74) is 0.246. The number of carbonyl (C=O) groups is 1. The first-order chi connectivity index (χ1) is 9.13. The van der Waals surface area contributed by atoms with Crippen LogP contribution in [0.3, 0.4) is 0 Å². The van der Waals surface area contributed by atoms with E-state index in [1.807, 2.05) is 6.07 Å². The van der Waals surface area contributed by atoms with Crippen LogP contribution in [-0.2, 0) is 9.47 Å². The largest absolute Gasteiger partial charge is 0.478 e. The van der Waals surface area contributed by atoms with Crippen molar-refractivity contribution in [3.05, 3.63) is 29.8 Å². The quantitative estimate of drug-likeness (QED) is 0.529. The molecule has 1 aromatic rings. The lowest BCUT2D eigenvalue weighted by Gasteiger charge is -2.11. The van der Waals surface area contributed by atoms with E-state index in [-0.39, 0.29) is 12.2 Å². The van der Waals surface area contributed by atoms with Crippen molar-refractivity contribution in [2.24, 2.45) is 0 Å². The number of benzene rings is 1. The fraction of sp³-hybridized carbons (Fsp3) is 0.462. The number of rotatable bonds is 9. The number of methoxy groups -OCH3 is 1. The second-order valence-corrected chi connectivity index (χ2v) is 4.96. The number of aromatic carboxylic acids is 1. The van der Waals surface area contributed by atoms with Gasteiger partial charge in [-0.05, 0) is 18.2 Å². The van der Waals surface area contributed by atoms with Gasteiger partial charge < -0.3 is 19.7 Å². The average molecular weight is 286 g/mol. The van der Waals surface area contributed by atoms with Gasteiger partial charge in [-0.25, -0.2) is 4.79 Å². The van der Waals surface area contributed by atoms with Gasteiger partial charge in [0.1, 0.15) is 0 Å². The van der Waals surface area contributed by atoms with Crippen LogP contribution in [0.2, 0.25) is 0 Å². The smallest absolute Gasteiger partial charge is 0.335 e. The normalized spacial score (nSPS) is 12.3. The molecule has 0 fully saturated rings. The van der Waals surface area contributed by atoms with Crippen LogP contribution in [-0.4, -0.2) is 55.0 Å². The summed E-state index contributed by atoms with van der Waals surface area (Å²) < 4.78 is 10.0. The Morgan fingerprint density at radius 3 is 2.89 bits per heavy atom. The van der Waals surface area contributed by atoms with Crippen LogP contribution in [0.1, 0.15) is 10.4 Å². The van der Waals surface area contributed by atoms with Crippen molar-refractivity contribution >= 4 is 17.7 Å². The molecule has 19 heavy (non-hydrogen) atoms. The fourth-order valence-electron chi connectivity index (χ4n) is 1.32. The molecule has 0 aromatic heterocycles. The number of aliphatic hydroxyl groups is 1. The van der Waals surface area contributed by atoms with Crippen molar-refractivity contribution in [2.75, 3.05) is 32.7 Å². The zero-order valence-corrected chi connectivity index (χ0v) is 11.6. The monoisotopic (exact) mass is 286 g/mol. The maximum absolute atomic E-state index is 10.8. The standard InChI is InChI=1S/C13H18O5S/c1-17-5-6-18-8-11(14)9-19-12-4-2-3-10(7-12)13(15)16/h2-4,7,11,14H,5-6,8-9H2,1H3,(H,15,16). The first kappa shape index (κ1) is 16.0. The van der Waals surface area contributed by atoms with E-state index < -0.39 is 12.1 Å². The molecule has 0 aliphatic rings. The highest BCUT2D eigenvalue weighted by atomic mass is 32.2. The molecule has 0 aliphatic heterocycles. The summed E-state index contributed by atoms with van der Waals surface area (Å²) in [7, 11) is 1.59. The molecule has 1 aromatic carbocycles. The zero-order chi connectivity index (χ0) is 14.1. The van der Waals surface area contributed by atoms with Gasteiger partial charge in [-0.2, -0.15) is 0 Å². The zero-order valence-electron chi connectivity index (χ0n) is 10.7. The molecule has 0 saturated heterocycles. The van der Waals surface area contributed by atoms with E-state index in [1.54, 1.807) is 19.2 Å². The lowest BCUT2D eigenvalue weighted by molar-refractivity contribution is 0.0218. The van der Waals surface area contributed by atoms with Crippen LogP contribution in [0.25, 0.3) is 0 Å². The van der Waals surface area contributed by atoms with E-state index in [0.717, 1.165) is 4.90 Å². The van der Waals surface area contributed by atoms with Crippen molar-refractivity contribution in [2.45, 2.75) is 11.0 Å². The summed E-state index contributed by atoms with van der Waals surface area (Å²) >= 11 is 1.40. The molecule has 2 N–H and O–H groups in total. The van der Waals surface area contributed by atoms with Crippen LogP contribution in [0, 0.1) is 0 Å². The SMILES string of the molecule is COCCOCC(O)CSc1cccc(C(=O)O)c1. The van der Waals surface area contributed by atoms with E-state index in [0.29, 0.717) is 19.0 Å². The Morgan fingerprint density at radius 2 is 2.21 bits per heavy atom. The summed E-state index contributed by atoms with van der Waals surface area (Å²) in [4.78, 5) is 11.6. The minimum atomic E-state index is -0.953. The number of thioether (sulfide) groups is 1. The van der Waals surface area contributed by atoms with E-state index in [2.05, 4.69) is 0 Å². The predicted molar refractivity (Wildman–Crippen MR) is 72.8 cm³/mol. The van der Waals surface area contributed by atoms with Crippen molar-refractivity contribution in [1.82, 2.24) is 0 Å².